The summed E-state index contributed by atoms with van der Waals surface area (Å²) < 4.78 is 5.53. The molecule has 3 rings (SSSR count). The second kappa shape index (κ2) is 8.48. The van der Waals surface area contributed by atoms with Gasteiger partial charge in [0, 0.05) is 38.3 Å². The van der Waals surface area contributed by atoms with Crippen LogP contribution in [0.1, 0.15) is 57.9 Å². The van der Waals surface area contributed by atoms with Crippen LogP contribution in [0.5, 0.6) is 5.75 Å². The summed E-state index contributed by atoms with van der Waals surface area (Å²) in [6.45, 7) is 5.97. The highest BCUT2D eigenvalue weighted by molar-refractivity contribution is 5.72. The number of ether oxygens (including phenoxy) is 1. The third kappa shape index (κ3) is 4.22. The number of nitrogens with zero attached hydrogens (tertiary/aromatic N) is 2. The Morgan fingerprint density at radius 1 is 1.30 bits per heavy atom. The number of benzene rings is 1. The van der Waals surface area contributed by atoms with Crippen LogP contribution in [-0.2, 0) is 10.3 Å². The largest absolute Gasteiger partial charge is 0.412 e. The van der Waals surface area contributed by atoms with E-state index in [2.05, 4.69) is 31.1 Å². The molecule has 0 spiro atoms. The molecule has 6 nitrogen and oxygen atoms in total. The first kappa shape index (κ1) is 20.0. The van der Waals surface area contributed by atoms with Gasteiger partial charge in [-0.3, -0.25) is 4.84 Å². The zero-order valence-corrected chi connectivity index (χ0v) is 17.1. The van der Waals surface area contributed by atoms with Gasteiger partial charge in [-0.15, -0.1) is 0 Å². The fourth-order valence-electron chi connectivity index (χ4n) is 4.15. The van der Waals surface area contributed by atoms with E-state index in [-0.39, 0.29) is 17.7 Å². The molecular formula is C21H33N3O3. The van der Waals surface area contributed by atoms with Gasteiger partial charge < -0.3 is 15.0 Å². The minimum absolute atomic E-state index is 0.0292. The highest BCUT2D eigenvalue weighted by atomic mass is 16.7. The summed E-state index contributed by atoms with van der Waals surface area (Å²) in [5, 5.41) is 4.76. The van der Waals surface area contributed by atoms with Crippen LogP contribution in [0.25, 0.3) is 0 Å². The summed E-state index contributed by atoms with van der Waals surface area (Å²) >= 11 is 0. The molecule has 2 atom stereocenters. The smallest absolute Gasteiger partial charge is 0.410 e. The zero-order chi connectivity index (χ0) is 19.4. The number of carbonyl (C=O) groups excluding carboxylic acids is 1. The number of likely N-dealkylation sites (N-methyl/N-ethyl adjacent to an activating group) is 1. The van der Waals surface area contributed by atoms with Crippen molar-refractivity contribution >= 4 is 11.8 Å². The number of hydrogen-bond donors (Lipinski definition) is 1. The molecule has 0 unspecified atom stereocenters. The first-order valence-corrected chi connectivity index (χ1v) is 10.2. The second-order valence-corrected chi connectivity index (χ2v) is 8.00. The van der Waals surface area contributed by atoms with Gasteiger partial charge in [-0.25, -0.2) is 4.79 Å². The molecule has 2 aliphatic rings. The summed E-state index contributed by atoms with van der Waals surface area (Å²) in [6.07, 6.45) is 6.44. The van der Waals surface area contributed by atoms with Gasteiger partial charge in [0.25, 0.3) is 0 Å². The molecule has 1 N–H and O–H groups in total. The van der Waals surface area contributed by atoms with Crippen molar-refractivity contribution in [2.75, 3.05) is 32.1 Å². The summed E-state index contributed by atoms with van der Waals surface area (Å²) in [7, 11) is 4.03. The Labute approximate surface area is 162 Å². The Balaban J connectivity index is 1.59. The average Bonchev–Trinajstić information content (AvgIpc) is 2.86. The number of anilines is 1. The minimum Gasteiger partial charge on any atom is -0.410 e. The van der Waals surface area contributed by atoms with E-state index in [1.807, 2.05) is 30.3 Å². The molecule has 0 radical (unpaired) electrons. The molecule has 150 valence electrons. The highest BCUT2D eigenvalue weighted by Gasteiger charge is 2.50. The van der Waals surface area contributed by atoms with Crippen LogP contribution in [-0.4, -0.2) is 44.6 Å². The number of carbonyl (C=O) groups is 1. The first-order chi connectivity index (χ1) is 13.0. The fourth-order valence-corrected chi connectivity index (χ4v) is 4.15. The Morgan fingerprint density at radius 3 is 2.85 bits per heavy atom. The maximum absolute atomic E-state index is 12.1. The van der Waals surface area contributed by atoms with E-state index < -0.39 is 0 Å². The summed E-state index contributed by atoms with van der Waals surface area (Å²) in [5.74, 6) is 0.589. The monoisotopic (exact) mass is 375 g/mol. The maximum atomic E-state index is 12.1. The third-order valence-corrected chi connectivity index (χ3v) is 5.85. The van der Waals surface area contributed by atoms with Crippen molar-refractivity contribution < 1.29 is 14.4 Å². The lowest BCUT2D eigenvalue weighted by atomic mass is 9.79. The van der Waals surface area contributed by atoms with E-state index in [1.54, 1.807) is 0 Å². The van der Waals surface area contributed by atoms with Crippen molar-refractivity contribution in [1.29, 1.82) is 0 Å². The molecule has 27 heavy (non-hydrogen) atoms. The summed E-state index contributed by atoms with van der Waals surface area (Å²) in [6, 6.07) is 5.89. The lowest BCUT2D eigenvalue weighted by molar-refractivity contribution is -0.226. The van der Waals surface area contributed by atoms with E-state index in [0.29, 0.717) is 12.3 Å². The SMILES string of the molecule is CCCCCCCNC(=O)Oc1ccc2c(c1)[C@]1(C)CCN(C)O[C@@H]1N2C. The van der Waals surface area contributed by atoms with Crippen LogP contribution in [0.2, 0.25) is 0 Å². The number of fused-ring (bicyclic) bond motifs is 3. The molecule has 1 saturated heterocycles. The topological polar surface area (TPSA) is 54.0 Å². The molecule has 0 saturated carbocycles. The van der Waals surface area contributed by atoms with Crippen molar-refractivity contribution in [3.63, 3.8) is 0 Å². The Hall–Kier alpha value is -1.79. The van der Waals surface area contributed by atoms with E-state index in [4.69, 9.17) is 9.57 Å². The molecule has 0 aromatic heterocycles. The molecule has 1 amide bonds. The fraction of sp³-hybridized carbons (Fsp3) is 0.667. The maximum Gasteiger partial charge on any atom is 0.412 e. The number of nitrogens with one attached hydrogen (secondary N) is 1. The van der Waals surface area contributed by atoms with Gasteiger partial charge in [-0.2, -0.15) is 5.06 Å². The number of amides is 1. The van der Waals surface area contributed by atoms with E-state index in [1.165, 1.54) is 24.8 Å². The van der Waals surface area contributed by atoms with E-state index in [9.17, 15) is 4.79 Å². The average molecular weight is 376 g/mol. The molecule has 2 heterocycles. The molecule has 1 aromatic carbocycles. The number of hydrogen-bond acceptors (Lipinski definition) is 5. The van der Waals surface area contributed by atoms with Gasteiger partial charge in [0.15, 0.2) is 6.23 Å². The van der Waals surface area contributed by atoms with Crippen molar-refractivity contribution in [3.05, 3.63) is 23.8 Å². The van der Waals surface area contributed by atoms with Crippen LogP contribution in [0.15, 0.2) is 18.2 Å². The second-order valence-electron chi connectivity index (χ2n) is 8.00. The van der Waals surface area contributed by atoms with Crippen molar-refractivity contribution in [2.45, 2.75) is 64.0 Å². The molecule has 0 aliphatic carbocycles. The number of unbranched alkanes of at least 4 members (excludes halogenated alkanes) is 4. The van der Waals surface area contributed by atoms with Gasteiger partial charge in [-0.05, 0) is 36.6 Å². The molecule has 1 aromatic rings. The Bertz CT molecular complexity index is 666. The van der Waals surface area contributed by atoms with Crippen molar-refractivity contribution in [2.24, 2.45) is 0 Å². The molecule has 1 fully saturated rings. The van der Waals surface area contributed by atoms with Crippen LogP contribution in [0.4, 0.5) is 10.5 Å². The normalized spacial score (nSPS) is 24.4. The summed E-state index contributed by atoms with van der Waals surface area (Å²) in [4.78, 5) is 20.3. The zero-order valence-electron chi connectivity index (χ0n) is 17.1. The highest BCUT2D eigenvalue weighted by Crippen LogP contribution is 2.50. The number of rotatable bonds is 7. The molecule has 0 bridgehead atoms. The Kier molecular flexibility index (Phi) is 6.27. The van der Waals surface area contributed by atoms with Crippen molar-refractivity contribution in [1.82, 2.24) is 10.4 Å². The van der Waals surface area contributed by atoms with Crippen LogP contribution < -0.4 is 15.0 Å². The van der Waals surface area contributed by atoms with Crippen LogP contribution in [0.3, 0.4) is 0 Å². The lowest BCUT2D eigenvalue weighted by Gasteiger charge is -2.42. The van der Waals surface area contributed by atoms with Gasteiger partial charge in [-0.1, -0.05) is 39.5 Å². The van der Waals surface area contributed by atoms with Crippen LogP contribution in [0, 0.1) is 0 Å². The molecule has 6 heteroatoms. The van der Waals surface area contributed by atoms with Gasteiger partial charge in [0.05, 0.1) is 0 Å². The summed E-state index contributed by atoms with van der Waals surface area (Å²) in [5.41, 5.74) is 2.22. The minimum atomic E-state index is -0.377. The lowest BCUT2D eigenvalue weighted by Crippen LogP contribution is -2.52. The molecule has 2 aliphatic heterocycles. The third-order valence-electron chi connectivity index (χ3n) is 5.85. The van der Waals surface area contributed by atoms with E-state index >= 15 is 0 Å². The van der Waals surface area contributed by atoms with Gasteiger partial charge >= 0.3 is 6.09 Å². The van der Waals surface area contributed by atoms with Gasteiger partial charge in [0.1, 0.15) is 5.75 Å². The molecular weight excluding hydrogens is 342 g/mol. The Morgan fingerprint density at radius 2 is 2.07 bits per heavy atom. The van der Waals surface area contributed by atoms with E-state index in [0.717, 1.165) is 31.5 Å². The quantitative estimate of drug-likeness (QED) is 0.729. The van der Waals surface area contributed by atoms with Crippen molar-refractivity contribution in [3.8, 4) is 5.75 Å². The standard InChI is InChI=1S/C21H33N3O3/c1-5-6-7-8-9-13-22-20(25)26-16-10-11-18-17(15-16)21(2)12-14-23(3)27-19(21)24(18)4/h10-11,15,19H,5-9,12-14H2,1-4H3,(H,22,25)/t19-,21-/m0/s1. The number of hydroxylamine groups is 2. The van der Waals surface area contributed by atoms with Gasteiger partial charge in [0.2, 0.25) is 0 Å². The predicted molar refractivity (Wildman–Crippen MR) is 107 cm³/mol. The predicted octanol–water partition coefficient (Wildman–Crippen LogP) is 4.05. The van der Waals surface area contributed by atoms with Crippen LogP contribution >= 0.6 is 0 Å². The first-order valence-electron chi connectivity index (χ1n) is 10.2.